The molecule has 7 nitrogen and oxygen atoms in total. The first kappa shape index (κ1) is 26.0. The van der Waals surface area contributed by atoms with Crippen LogP contribution in [0.1, 0.15) is 22.0 Å². The molecule has 0 spiro atoms. The fourth-order valence-corrected chi connectivity index (χ4v) is 5.18. The predicted molar refractivity (Wildman–Crippen MR) is 143 cm³/mol. The van der Waals surface area contributed by atoms with Gasteiger partial charge in [0.2, 0.25) is 5.91 Å². The number of carbonyl (C=O) groups is 2. The topological polar surface area (TPSA) is 71.1 Å². The number of hydrogen-bond acceptors (Lipinski definition) is 5. The molecule has 1 atom stereocenters. The number of anilines is 1. The first-order valence-electron chi connectivity index (χ1n) is 11.8. The Morgan fingerprint density at radius 3 is 2.61 bits per heavy atom. The molecule has 0 radical (unpaired) electrons. The van der Waals surface area contributed by atoms with Crippen molar-refractivity contribution in [3.63, 3.8) is 0 Å². The van der Waals surface area contributed by atoms with Crippen LogP contribution in [0.4, 0.5) is 10.5 Å². The summed E-state index contributed by atoms with van der Waals surface area (Å²) in [5.74, 6) is 0.556. The average Bonchev–Trinajstić information content (AvgIpc) is 3.36. The van der Waals surface area contributed by atoms with Crippen molar-refractivity contribution in [1.29, 1.82) is 0 Å². The Labute approximate surface area is 220 Å². The van der Waals surface area contributed by atoms with E-state index in [1.54, 1.807) is 30.6 Å². The minimum absolute atomic E-state index is 0.0576. The molecular formula is C27H30ClN3O4S. The van der Waals surface area contributed by atoms with Crippen LogP contribution in [-0.2, 0) is 16.0 Å². The van der Waals surface area contributed by atoms with Gasteiger partial charge in [0.15, 0.2) is 0 Å². The van der Waals surface area contributed by atoms with Crippen molar-refractivity contribution >= 4 is 40.6 Å². The van der Waals surface area contributed by atoms with E-state index in [9.17, 15) is 9.59 Å². The normalized spacial score (nSPS) is 14.8. The van der Waals surface area contributed by atoms with Gasteiger partial charge in [0, 0.05) is 35.8 Å². The Morgan fingerprint density at radius 1 is 1.14 bits per heavy atom. The van der Waals surface area contributed by atoms with Crippen LogP contribution in [0.5, 0.6) is 5.75 Å². The smallest absolute Gasteiger partial charge is 0.322 e. The highest BCUT2D eigenvalue weighted by molar-refractivity contribution is 7.10. The summed E-state index contributed by atoms with van der Waals surface area (Å²) in [6.07, 6.45) is 0.782. The summed E-state index contributed by atoms with van der Waals surface area (Å²) < 4.78 is 11.2. The number of thiophene rings is 1. The van der Waals surface area contributed by atoms with E-state index >= 15 is 0 Å². The zero-order valence-corrected chi connectivity index (χ0v) is 22.0. The summed E-state index contributed by atoms with van der Waals surface area (Å²) in [5, 5.41) is 5.57. The number of rotatable bonds is 9. The third-order valence-corrected chi connectivity index (χ3v) is 7.37. The van der Waals surface area contributed by atoms with Crippen molar-refractivity contribution in [2.75, 3.05) is 45.3 Å². The van der Waals surface area contributed by atoms with E-state index in [2.05, 4.69) is 11.4 Å². The summed E-state index contributed by atoms with van der Waals surface area (Å²) in [4.78, 5) is 31.2. The second kappa shape index (κ2) is 12.3. The summed E-state index contributed by atoms with van der Waals surface area (Å²) in [5.41, 5.74) is 2.88. The Hall–Kier alpha value is -3.07. The van der Waals surface area contributed by atoms with Gasteiger partial charge in [-0.15, -0.1) is 11.3 Å². The second-order valence-corrected chi connectivity index (χ2v) is 10.1. The molecule has 1 aromatic heterocycles. The van der Waals surface area contributed by atoms with Crippen LogP contribution in [0, 0.1) is 6.92 Å². The van der Waals surface area contributed by atoms with Crippen molar-refractivity contribution in [1.82, 2.24) is 9.80 Å². The van der Waals surface area contributed by atoms with Crippen molar-refractivity contribution in [2.24, 2.45) is 0 Å². The number of aryl methyl sites for hydroxylation is 1. The highest BCUT2D eigenvalue weighted by atomic mass is 35.5. The first-order chi connectivity index (χ1) is 17.4. The quantitative estimate of drug-likeness (QED) is 0.405. The molecule has 1 aliphatic heterocycles. The lowest BCUT2D eigenvalue weighted by Crippen LogP contribution is -2.49. The highest BCUT2D eigenvalue weighted by Gasteiger charge is 2.33. The Kier molecular flexibility index (Phi) is 8.85. The van der Waals surface area contributed by atoms with E-state index in [0.29, 0.717) is 42.8 Å². The van der Waals surface area contributed by atoms with Crippen LogP contribution in [-0.4, -0.2) is 61.7 Å². The van der Waals surface area contributed by atoms with Crippen LogP contribution in [0.3, 0.4) is 0 Å². The highest BCUT2D eigenvalue weighted by Crippen LogP contribution is 2.34. The number of halogens is 1. The van der Waals surface area contributed by atoms with Gasteiger partial charge in [-0.05, 0) is 66.8 Å². The number of fused-ring (bicyclic) bond motifs is 1. The largest absolute Gasteiger partial charge is 0.491 e. The predicted octanol–water partition coefficient (Wildman–Crippen LogP) is 5.40. The van der Waals surface area contributed by atoms with E-state index in [4.69, 9.17) is 21.1 Å². The van der Waals surface area contributed by atoms with E-state index in [1.807, 2.05) is 53.6 Å². The van der Waals surface area contributed by atoms with Crippen molar-refractivity contribution in [3.8, 4) is 5.75 Å². The molecule has 2 aromatic carbocycles. The van der Waals surface area contributed by atoms with E-state index in [-0.39, 0.29) is 24.5 Å². The lowest BCUT2D eigenvalue weighted by molar-refractivity contribution is -0.135. The average molecular weight is 528 g/mol. The lowest BCUT2D eigenvalue weighted by Gasteiger charge is -2.37. The monoisotopic (exact) mass is 527 g/mol. The van der Waals surface area contributed by atoms with Crippen LogP contribution in [0.25, 0.3) is 0 Å². The fourth-order valence-electron chi connectivity index (χ4n) is 4.13. The zero-order chi connectivity index (χ0) is 25.5. The van der Waals surface area contributed by atoms with Crippen LogP contribution < -0.4 is 10.1 Å². The third-order valence-electron chi connectivity index (χ3n) is 6.12. The number of nitrogens with one attached hydrogen (secondary N) is 1. The molecule has 3 amide bonds. The molecule has 4 rings (SSSR count). The molecule has 0 bridgehead atoms. The van der Waals surface area contributed by atoms with Gasteiger partial charge in [-0.2, -0.15) is 0 Å². The van der Waals surface area contributed by atoms with Gasteiger partial charge in [0.25, 0.3) is 0 Å². The Morgan fingerprint density at radius 2 is 1.89 bits per heavy atom. The number of benzene rings is 2. The summed E-state index contributed by atoms with van der Waals surface area (Å²) >= 11 is 7.69. The van der Waals surface area contributed by atoms with Gasteiger partial charge in [0.1, 0.15) is 18.9 Å². The van der Waals surface area contributed by atoms with Gasteiger partial charge in [-0.1, -0.05) is 29.3 Å². The standard InChI is InChI=1S/C27H30ClN3O4S/c1-19-3-7-21(8-4-19)29-27(33)30(14-15-34-2)17-26(32)31-13-11-25-23(12-16-36-25)24(31)18-35-22-9-5-20(28)6-10-22/h3-10,12,16,24H,11,13-15,17-18H2,1-2H3,(H,29,33)/t24-/m1/s1. The molecule has 9 heteroatoms. The van der Waals surface area contributed by atoms with Crippen molar-refractivity contribution < 1.29 is 19.1 Å². The van der Waals surface area contributed by atoms with Gasteiger partial charge in [-0.3, -0.25) is 4.79 Å². The molecule has 0 aliphatic carbocycles. The van der Waals surface area contributed by atoms with Crippen LogP contribution in [0.15, 0.2) is 60.0 Å². The maximum Gasteiger partial charge on any atom is 0.322 e. The maximum atomic E-state index is 13.6. The molecule has 1 aliphatic rings. The minimum atomic E-state index is -0.341. The number of nitrogens with zero attached hydrogens (tertiary/aromatic N) is 2. The summed E-state index contributed by atoms with van der Waals surface area (Å²) in [7, 11) is 1.57. The van der Waals surface area contributed by atoms with Gasteiger partial charge < -0.3 is 24.6 Å². The Bertz CT molecular complexity index is 1170. The number of carbonyl (C=O) groups excluding carboxylic acids is 2. The number of hydrogen-bond donors (Lipinski definition) is 1. The van der Waals surface area contributed by atoms with Gasteiger partial charge in [0.05, 0.1) is 12.6 Å². The van der Waals surface area contributed by atoms with Gasteiger partial charge in [-0.25, -0.2) is 4.79 Å². The SMILES string of the molecule is COCCN(CC(=O)N1CCc2sccc2[C@H]1COc1ccc(Cl)cc1)C(=O)Nc1ccc(C)cc1. The number of amides is 3. The fraction of sp³-hybridized carbons (Fsp3) is 0.333. The molecule has 0 unspecified atom stereocenters. The summed E-state index contributed by atoms with van der Waals surface area (Å²) in [6, 6.07) is 16.2. The van der Waals surface area contributed by atoms with Crippen LogP contribution in [0.2, 0.25) is 5.02 Å². The lowest BCUT2D eigenvalue weighted by atomic mass is 10.0. The summed E-state index contributed by atoms with van der Waals surface area (Å²) in [6.45, 7) is 3.43. The van der Waals surface area contributed by atoms with Crippen molar-refractivity contribution in [2.45, 2.75) is 19.4 Å². The molecular weight excluding hydrogens is 498 g/mol. The number of ether oxygens (including phenoxy) is 2. The molecule has 0 saturated carbocycles. The van der Waals surface area contributed by atoms with E-state index in [0.717, 1.165) is 17.5 Å². The number of urea groups is 1. The van der Waals surface area contributed by atoms with Crippen LogP contribution >= 0.6 is 22.9 Å². The van der Waals surface area contributed by atoms with Gasteiger partial charge >= 0.3 is 6.03 Å². The molecule has 36 heavy (non-hydrogen) atoms. The first-order valence-corrected chi connectivity index (χ1v) is 13.1. The van der Waals surface area contributed by atoms with E-state index < -0.39 is 0 Å². The molecule has 190 valence electrons. The molecule has 3 aromatic rings. The third kappa shape index (κ3) is 6.57. The van der Waals surface area contributed by atoms with E-state index in [1.165, 1.54) is 9.78 Å². The zero-order valence-electron chi connectivity index (χ0n) is 20.4. The molecule has 2 heterocycles. The minimum Gasteiger partial charge on any atom is -0.491 e. The molecule has 1 N–H and O–H groups in total. The second-order valence-electron chi connectivity index (χ2n) is 8.63. The Balaban J connectivity index is 1.47. The molecule has 0 fully saturated rings. The molecule has 0 saturated heterocycles. The number of methoxy groups -OCH3 is 1. The van der Waals surface area contributed by atoms with Crippen molar-refractivity contribution in [3.05, 3.63) is 81.0 Å². The maximum absolute atomic E-state index is 13.6.